The molecule has 2 nitrogen and oxygen atoms in total. The van der Waals surface area contributed by atoms with E-state index in [-0.39, 0.29) is 5.54 Å². The first kappa shape index (κ1) is 11.2. The van der Waals surface area contributed by atoms with Crippen molar-refractivity contribution in [2.75, 3.05) is 0 Å². The van der Waals surface area contributed by atoms with Crippen LogP contribution in [0.25, 0.3) is 10.9 Å². The van der Waals surface area contributed by atoms with Crippen LogP contribution >= 0.6 is 0 Å². The Bertz CT molecular complexity index is 515. The first-order chi connectivity index (χ1) is 7.37. The molecule has 0 saturated heterocycles. The minimum absolute atomic E-state index is 0.163. The van der Waals surface area contributed by atoms with Gasteiger partial charge in [-0.3, -0.25) is 0 Å². The van der Waals surface area contributed by atoms with Crippen molar-refractivity contribution in [2.24, 2.45) is 5.73 Å². The second-order valence-corrected chi connectivity index (χ2v) is 5.44. The van der Waals surface area contributed by atoms with Crippen molar-refractivity contribution in [1.82, 2.24) is 4.98 Å². The number of H-pyrrole nitrogens is 1. The van der Waals surface area contributed by atoms with Crippen molar-refractivity contribution >= 4 is 10.9 Å². The topological polar surface area (TPSA) is 41.8 Å². The molecule has 0 aliphatic rings. The normalized spacial score (nSPS) is 12.3. The van der Waals surface area contributed by atoms with Crippen molar-refractivity contribution in [2.45, 2.75) is 39.7 Å². The lowest BCUT2D eigenvalue weighted by Crippen LogP contribution is -2.34. The van der Waals surface area contributed by atoms with Gasteiger partial charge in [0.25, 0.3) is 0 Å². The van der Waals surface area contributed by atoms with E-state index in [9.17, 15) is 0 Å². The Morgan fingerprint density at radius 2 is 1.94 bits per heavy atom. The maximum Gasteiger partial charge on any atom is 0.0459 e. The van der Waals surface area contributed by atoms with Crippen LogP contribution in [0.15, 0.2) is 18.2 Å². The molecule has 1 heterocycles. The number of rotatable bonds is 2. The van der Waals surface area contributed by atoms with Crippen LogP contribution in [0, 0.1) is 13.8 Å². The Kier molecular flexibility index (Phi) is 2.55. The molecule has 0 saturated carbocycles. The predicted molar refractivity (Wildman–Crippen MR) is 69.7 cm³/mol. The highest BCUT2D eigenvalue weighted by Crippen LogP contribution is 2.26. The fraction of sp³-hybridized carbons (Fsp3) is 0.429. The number of aromatic amines is 1. The lowest BCUT2D eigenvalue weighted by Gasteiger charge is -2.18. The average Bonchev–Trinajstić information content (AvgIpc) is 2.42. The molecule has 1 aromatic carbocycles. The highest BCUT2D eigenvalue weighted by atomic mass is 14.7. The van der Waals surface area contributed by atoms with Gasteiger partial charge in [0.05, 0.1) is 0 Å². The number of aryl methyl sites for hydroxylation is 2. The van der Waals surface area contributed by atoms with E-state index in [1.54, 1.807) is 0 Å². The van der Waals surface area contributed by atoms with Crippen LogP contribution in [0.2, 0.25) is 0 Å². The first-order valence-corrected chi connectivity index (χ1v) is 5.73. The smallest absolute Gasteiger partial charge is 0.0459 e. The molecule has 0 aliphatic carbocycles. The zero-order valence-electron chi connectivity index (χ0n) is 10.5. The molecule has 1 aromatic heterocycles. The number of benzene rings is 1. The second kappa shape index (κ2) is 3.63. The molecule has 0 atom stereocenters. The van der Waals surface area contributed by atoms with E-state index in [1.165, 1.54) is 27.7 Å². The van der Waals surface area contributed by atoms with Crippen LogP contribution < -0.4 is 5.73 Å². The Labute approximate surface area is 96.9 Å². The SMILES string of the molecule is Cc1ccc2[nH]c(C)c(CC(C)(C)N)c2c1. The molecule has 0 unspecified atom stereocenters. The van der Waals surface area contributed by atoms with Crippen molar-refractivity contribution < 1.29 is 0 Å². The lowest BCUT2D eigenvalue weighted by molar-refractivity contribution is 0.517. The number of aromatic nitrogens is 1. The van der Waals surface area contributed by atoms with Gasteiger partial charge in [0.15, 0.2) is 0 Å². The molecular formula is C14H20N2. The number of fused-ring (bicyclic) bond motifs is 1. The van der Waals surface area contributed by atoms with Crippen LogP contribution in [-0.2, 0) is 6.42 Å². The molecule has 2 heteroatoms. The van der Waals surface area contributed by atoms with Gasteiger partial charge in [-0.25, -0.2) is 0 Å². The molecule has 0 bridgehead atoms. The predicted octanol–water partition coefficient (Wildman–Crippen LogP) is 3.06. The summed E-state index contributed by atoms with van der Waals surface area (Å²) < 4.78 is 0. The molecule has 2 aromatic rings. The Balaban J connectivity index is 2.58. The van der Waals surface area contributed by atoms with Gasteiger partial charge >= 0.3 is 0 Å². The summed E-state index contributed by atoms with van der Waals surface area (Å²) in [6.07, 6.45) is 0.905. The molecule has 0 aliphatic heterocycles. The van der Waals surface area contributed by atoms with E-state index in [0.717, 1.165) is 6.42 Å². The van der Waals surface area contributed by atoms with Crippen molar-refractivity contribution in [1.29, 1.82) is 0 Å². The summed E-state index contributed by atoms with van der Waals surface area (Å²) in [7, 11) is 0. The van der Waals surface area contributed by atoms with Gasteiger partial charge in [-0.1, -0.05) is 11.6 Å². The molecule has 3 N–H and O–H groups in total. The summed E-state index contributed by atoms with van der Waals surface area (Å²) in [5.41, 5.74) is 11.0. The summed E-state index contributed by atoms with van der Waals surface area (Å²) >= 11 is 0. The van der Waals surface area contributed by atoms with Crippen LogP contribution in [0.1, 0.15) is 30.7 Å². The van der Waals surface area contributed by atoms with Gasteiger partial charge in [-0.2, -0.15) is 0 Å². The van der Waals surface area contributed by atoms with Gasteiger partial charge in [0.2, 0.25) is 0 Å². The molecule has 0 spiro atoms. The van der Waals surface area contributed by atoms with E-state index in [1.807, 2.05) is 0 Å². The quantitative estimate of drug-likeness (QED) is 0.796. The Hall–Kier alpha value is -1.28. The van der Waals surface area contributed by atoms with Crippen LogP contribution in [0.4, 0.5) is 0 Å². The van der Waals surface area contributed by atoms with Gasteiger partial charge in [0.1, 0.15) is 0 Å². The number of nitrogens with two attached hydrogens (primary N) is 1. The van der Waals surface area contributed by atoms with E-state index >= 15 is 0 Å². The number of nitrogens with one attached hydrogen (secondary N) is 1. The molecular weight excluding hydrogens is 196 g/mol. The van der Waals surface area contributed by atoms with Crippen LogP contribution in [0.5, 0.6) is 0 Å². The van der Waals surface area contributed by atoms with E-state index in [4.69, 9.17) is 5.73 Å². The first-order valence-electron chi connectivity index (χ1n) is 5.73. The van der Waals surface area contributed by atoms with E-state index in [2.05, 4.69) is 50.9 Å². The number of hydrogen-bond donors (Lipinski definition) is 2. The molecule has 0 radical (unpaired) electrons. The molecule has 0 amide bonds. The zero-order valence-corrected chi connectivity index (χ0v) is 10.5. The monoisotopic (exact) mass is 216 g/mol. The van der Waals surface area contributed by atoms with Crippen molar-refractivity contribution in [3.05, 3.63) is 35.0 Å². The van der Waals surface area contributed by atoms with Gasteiger partial charge in [-0.05, 0) is 51.8 Å². The minimum Gasteiger partial charge on any atom is -0.358 e. The standard InChI is InChI=1S/C14H20N2/c1-9-5-6-13-11(7-9)12(10(2)16-13)8-14(3,4)15/h5-7,16H,8,15H2,1-4H3. The fourth-order valence-corrected chi connectivity index (χ4v) is 2.18. The van der Waals surface area contributed by atoms with Crippen molar-refractivity contribution in [3.63, 3.8) is 0 Å². The van der Waals surface area contributed by atoms with Crippen LogP contribution in [-0.4, -0.2) is 10.5 Å². The largest absolute Gasteiger partial charge is 0.358 e. The van der Waals surface area contributed by atoms with E-state index < -0.39 is 0 Å². The highest BCUT2D eigenvalue weighted by molar-refractivity contribution is 5.85. The Morgan fingerprint density at radius 3 is 2.56 bits per heavy atom. The Morgan fingerprint density at radius 1 is 1.25 bits per heavy atom. The van der Waals surface area contributed by atoms with Gasteiger partial charge in [0, 0.05) is 22.1 Å². The van der Waals surface area contributed by atoms with Gasteiger partial charge < -0.3 is 10.7 Å². The van der Waals surface area contributed by atoms with Crippen LogP contribution in [0.3, 0.4) is 0 Å². The molecule has 0 fully saturated rings. The van der Waals surface area contributed by atoms with Gasteiger partial charge in [-0.15, -0.1) is 0 Å². The summed E-state index contributed by atoms with van der Waals surface area (Å²) in [6, 6.07) is 6.51. The third kappa shape index (κ3) is 2.12. The summed E-state index contributed by atoms with van der Waals surface area (Å²) in [6.45, 7) is 8.39. The maximum atomic E-state index is 6.11. The molecule has 16 heavy (non-hydrogen) atoms. The second-order valence-electron chi connectivity index (χ2n) is 5.44. The summed E-state index contributed by atoms with van der Waals surface area (Å²) in [5.74, 6) is 0. The summed E-state index contributed by atoms with van der Waals surface area (Å²) in [5, 5.41) is 1.32. The highest BCUT2D eigenvalue weighted by Gasteiger charge is 2.17. The minimum atomic E-state index is -0.163. The molecule has 86 valence electrons. The van der Waals surface area contributed by atoms with E-state index in [0.29, 0.717) is 0 Å². The average molecular weight is 216 g/mol. The summed E-state index contributed by atoms with van der Waals surface area (Å²) in [4.78, 5) is 3.42. The number of hydrogen-bond acceptors (Lipinski definition) is 1. The maximum absolute atomic E-state index is 6.11. The third-order valence-corrected chi connectivity index (χ3v) is 2.91. The molecule has 2 rings (SSSR count). The fourth-order valence-electron chi connectivity index (χ4n) is 2.18. The third-order valence-electron chi connectivity index (χ3n) is 2.91. The zero-order chi connectivity index (χ0) is 11.9. The van der Waals surface area contributed by atoms with Crippen molar-refractivity contribution in [3.8, 4) is 0 Å². The lowest BCUT2D eigenvalue weighted by atomic mass is 9.94.